The highest BCUT2D eigenvalue weighted by Crippen LogP contribution is 2.38. The van der Waals surface area contributed by atoms with E-state index in [0.717, 1.165) is 38.5 Å². The van der Waals surface area contributed by atoms with Gasteiger partial charge in [0.2, 0.25) is 0 Å². The zero-order chi connectivity index (χ0) is 30.1. The smallest absolute Gasteiger partial charge is 0.324 e. The number of hydrogen-bond donors (Lipinski definition) is 0. The van der Waals surface area contributed by atoms with Gasteiger partial charge in [-0.3, -0.25) is 19.2 Å². The van der Waals surface area contributed by atoms with Crippen LogP contribution in [0.4, 0.5) is 0 Å². The largest absolute Gasteiger partial charge is 0.466 e. The van der Waals surface area contributed by atoms with Crippen molar-refractivity contribution in [3.05, 3.63) is 0 Å². The number of rotatable bonds is 19. The molecule has 0 aromatic heterocycles. The average Bonchev–Trinajstić information content (AvgIpc) is 2.77. The molecule has 0 unspecified atom stereocenters. The van der Waals surface area contributed by atoms with Gasteiger partial charge in [0.05, 0.1) is 6.61 Å². The molecule has 0 spiro atoms. The van der Waals surface area contributed by atoms with Crippen molar-refractivity contribution in [1.29, 1.82) is 0 Å². The van der Waals surface area contributed by atoms with Crippen molar-refractivity contribution in [3.63, 3.8) is 0 Å². The predicted molar refractivity (Wildman–Crippen MR) is 152 cm³/mol. The lowest BCUT2D eigenvalue weighted by Crippen LogP contribution is -2.47. The van der Waals surface area contributed by atoms with Crippen molar-refractivity contribution >= 4 is 23.9 Å². The second-order valence-corrected chi connectivity index (χ2v) is 12.4. The highest BCUT2D eigenvalue weighted by molar-refractivity contribution is 6.00. The van der Waals surface area contributed by atoms with Crippen LogP contribution in [0.1, 0.15) is 146 Å². The van der Waals surface area contributed by atoms with Crippen molar-refractivity contribution in [3.8, 4) is 0 Å². The Balaban J connectivity index is 5.76. The van der Waals surface area contributed by atoms with E-state index >= 15 is 0 Å². The molecule has 0 saturated carbocycles. The SMILES string of the molecule is CCCCC[C@H](CCCC(CCCCCCC(=O)OCC)(C(=O)OC(C)(C)C)C(=O)OC(C)(C)C)OC(C)=O. The van der Waals surface area contributed by atoms with Crippen molar-refractivity contribution in [2.24, 2.45) is 5.41 Å². The molecular weight excluding hydrogens is 500 g/mol. The summed E-state index contributed by atoms with van der Waals surface area (Å²) in [6.45, 7) is 16.4. The molecule has 0 N–H and O–H groups in total. The van der Waals surface area contributed by atoms with Gasteiger partial charge in [0.15, 0.2) is 5.41 Å². The zero-order valence-corrected chi connectivity index (χ0v) is 26.2. The Morgan fingerprint density at radius 3 is 1.67 bits per heavy atom. The maximum atomic E-state index is 13.7. The summed E-state index contributed by atoms with van der Waals surface area (Å²) in [4.78, 5) is 50.7. The molecule has 0 saturated heterocycles. The van der Waals surface area contributed by atoms with Crippen LogP contribution in [0.25, 0.3) is 0 Å². The molecule has 0 aliphatic carbocycles. The summed E-state index contributed by atoms with van der Waals surface area (Å²) < 4.78 is 22.1. The third kappa shape index (κ3) is 17.2. The first-order valence-electron chi connectivity index (χ1n) is 14.9. The lowest BCUT2D eigenvalue weighted by Gasteiger charge is -2.35. The summed E-state index contributed by atoms with van der Waals surface area (Å²) in [6.07, 6.45) is 8.31. The lowest BCUT2D eigenvalue weighted by molar-refractivity contribution is -0.187. The summed E-state index contributed by atoms with van der Waals surface area (Å²) in [5.41, 5.74) is -3.01. The first-order chi connectivity index (χ1) is 18.1. The number of hydrogen-bond acceptors (Lipinski definition) is 8. The Hall–Kier alpha value is -2.12. The zero-order valence-electron chi connectivity index (χ0n) is 26.2. The standard InChI is InChI=1S/C31H56O8/c1-10-12-15-19-25(37-24(3)32)20-18-23-31(27(34)38-29(4,5)6,28(35)39-30(7,8)9)22-17-14-13-16-21-26(33)36-11-2/h25H,10-23H2,1-9H3/t25-/m1/s1. The van der Waals surface area contributed by atoms with E-state index in [4.69, 9.17) is 18.9 Å². The molecule has 0 aromatic rings. The van der Waals surface area contributed by atoms with Crippen LogP contribution in [0.5, 0.6) is 0 Å². The molecule has 0 aliphatic rings. The predicted octanol–water partition coefficient (Wildman–Crippen LogP) is 7.24. The maximum absolute atomic E-state index is 13.7. The molecule has 0 bridgehead atoms. The molecule has 0 amide bonds. The molecule has 0 aliphatic heterocycles. The fourth-order valence-corrected chi connectivity index (χ4v) is 4.40. The van der Waals surface area contributed by atoms with Crippen LogP contribution in [0, 0.1) is 5.41 Å². The molecule has 1 atom stereocenters. The number of ether oxygens (including phenoxy) is 4. The van der Waals surface area contributed by atoms with Gasteiger partial charge >= 0.3 is 23.9 Å². The van der Waals surface area contributed by atoms with E-state index < -0.39 is 28.6 Å². The lowest BCUT2D eigenvalue weighted by atomic mass is 9.77. The van der Waals surface area contributed by atoms with Crippen LogP contribution in [0.3, 0.4) is 0 Å². The average molecular weight is 557 g/mol. The van der Waals surface area contributed by atoms with Crippen molar-refractivity contribution in [2.45, 2.75) is 163 Å². The number of esters is 4. The maximum Gasteiger partial charge on any atom is 0.324 e. The fraction of sp³-hybridized carbons (Fsp3) is 0.871. The summed E-state index contributed by atoms with van der Waals surface area (Å²) in [5.74, 6) is -1.70. The highest BCUT2D eigenvalue weighted by Gasteiger charge is 2.50. The molecule has 39 heavy (non-hydrogen) atoms. The fourth-order valence-electron chi connectivity index (χ4n) is 4.40. The minimum atomic E-state index is -1.47. The Morgan fingerprint density at radius 1 is 0.667 bits per heavy atom. The van der Waals surface area contributed by atoms with Gasteiger partial charge in [-0.2, -0.15) is 0 Å². The molecule has 0 aromatic carbocycles. The Morgan fingerprint density at radius 2 is 1.18 bits per heavy atom. The number of carbonyl (C=O) groups excluding carboxylic acids is 4. The van der Waals surface area contributed by atoms with Gasteiger partial charge in [-0.1, -0.05) is 39.0 Å². The van der Waals surface area contributed by atoms with Crippen molar-refractivity contribution < 1.29 is 38.1 Å². The van der Waals surface area contributed by atoms with E-state index in [2.05, 4.69) is 6.92 Å². The van der Waals surface area contributed by atoms with Crippen LogP contribution < -0.4 is 0 Å². The van der Waals surface area contributed by atoms with Crippen LogP contribution in [0.15, 0.2) is 0 Å². The molecule has 0 radical (unpaired) electrons. The van der Waals surface area contributed by atoms with Crippen LogP contribution in [-0.2, 0) is 38.1 Å². The Kier molecular flexibility index (Phi) is 17.3. The van der Waals surface area contributed by atoms with E-state index in [-0.39, 0.29) is 30.9 Å². The summed E-state index contributed by atoms with van der Waals surface area (Å²) in [7, 11) is 0. The van der Waals surface area contributed by atoms with E-state index in [1.807, 2.05) is 0 Å². The van der Waals surface area contributed by atoms with Crippen LogP contribution >= 0.6 is 0 Å². The first-order valence-corrected chi connectivity index (χ1v) is 14.9. The molecular formula is C31H56O8. The van der Waals surface area contributed by atoms with Gasteiger partial charge in [-0.05, 0) is 93.4 Å². The van der Waals surface area contributed by atoms with Gasteiger partial charge in [0.1, 0.15) is 17.3 Å². The van der Waals surface area contributed by atoms with E-state index in [0.29, 0.717) is 38.7 Å². The first kappa shape index (κ1) is 36.9. The topological polar surface area (TPSA) is 105 Å². The molecule has 0 fully saturated rings. The Bertz CT molecular complexity index is 717. The van der Waals surface area contributed by atoms with Gasteiger partial charge in [-0.15, -0.1) is 0 Å². The number of unbranched alkanes of at least 4 members (excludes halogenated alkanes) is 5. The third-order valence-corrected chi connectivity index (χ3v) is 6.21. The van der Waals surface area contributed by atoms with Gasteiger partial charge < -0.3 is 18.9 Å². The summed E-state index contributed by atoms with van der Waals surface area (Å²) in [6, 6.07) is 0. The van der Waals surface area contributed by atoms with Gasteiger partial charge in [0.25, 0.3) is 0 Å². The highest BCUT2D eigenvalue weighted by atomic mass is 16.6. The number of carbonyl (C=O) groups is 4. The van der Waals surface area contributed by atoms with E-state index in [1.165, 1.54) is 6.92 Å². The van der Waals surface area contributed by atoms with E-state index in [9.17, 15) is 19.2 Å². The summed E-state index contributed by atoms with van der Waals surface area (Å²) >= 11 is 0. The minimum absolute atomic E-state index is 0.212. The van der Waals surface area contributed by atoms with Crippen molar-refractivity contribution in [2.75, 3.05) is 6.61 Å². The molecule has 0 heterocycles. The molecule has 8 heteroatoms. The van der Waals surface area contributed by atoms with E-state index in [1.54, 1.807) is 48.5 Å². The molecule has 228 valence electrons. The Labute approximate surface area is 237 Å². The quantitative estimate of drug-likeness (QED) is 0.0709. The normalized spacial score (nSPS) is 12.9. The van der Waals surface area contributed by atoms with Gasteiger partial charge in [0, 0.05) is 13.3 Å². The van der Waals surface area contributed by atoms with Gasteiger partial charge in [-0.25, -0.2) is 0 Å². The third-order valence-electron chi connectivity index (χ3n) is 6.21. The van der Waals surface area contributed by atoms with Crippen molar-refractivity contribution in [1.82, 2.24) is 0 Å². The molecule has 0 rings (SSSR count). The second kappa shape index (κ2) is 18.3. The summed E-state index contributed by atoms with van der Waals surface area (Å²) in [5, 5.41) is 0. The minimum Gasteiger partial charge on any atom is -0.466 e. The van der Waals surface area contributed by atoms with Crippen LogP contribution in [-0.4, -0.2) is 47.8 Å². The molecule has 8 nitrogen and oxygen atoms in total. The second-order valence-electron chi connectivity index (χ2n) is 12.4. The monoisotopic (exact) mass is 556 g/mol. The van der Waals surface area contributed by atoms with Crippen LogP contribution in [0.2, 0.25) is 0 Å².